The predicted molar refractivity (Wildman–Crippen MR) is 106 cm³/mol. The molecule has 146 valence electrons. The summed E-state index contributed by atoms with van der Waals surface area (Å²) in [6.45, 7) is 7.72. The van der Waals surface area contributed by atoms with Gasteiger partial charge in [-0.25, -0.2) is 4.68 Å². The smallest absolute Gasteiger partial charge is 0.168 e. The minimum Gasteiger partial charge on any atom is -0.297 e. The highest BCUT2D eigenvalue weighted by Crippen LogP contribution is 2.33. The average molecular weight is 369 g/mol. The van der Waals surface area contributed by atoms with E-state index in [1.165, 1.54) is 31.2 Å². The Kier molecular flexibility index (Phi) is 6.14. The second-order valence-corrected chi connectivity index (χ2v) is 8.02. The number of tetrazole rings is 1. The third-order valence-corrected chi connectivity index (χ3v) is 6.15. The van der Waals surface area contributed by atoms with Crippen LogP contribution in [-0.2, 0) is 6.54 Å². The standard InChI is InChI=1S/C21H32N6/c1-2-8-20(21-22-23-24-27(21)19-11-6-7-12-19)26-15-13-25(14-16-26)17-18-9-4-3-5-10-18/h3-5,9-10,19-20H,2,6-8,11-17H2,1H3/t20-/m0/s1. The molecule has 1 aromatic heterocycles. The van der Waals surface area contributed by atoms with Crippen molar-refractivity contribution >= 4 is 0 Å². The highest BCUT2D eigenvalue weighted by molar-refractivity contribution is 5.14. The number of aromatic nitrogens is 4. The van der Waals surface area contributed by atoms with Crippen LogP contribution in [0.5, 0.6) is 0 Å². The summed E-state index contributed by atoms with van der Waals surface area (Å²) in [5.74, 6) is 1.10. The van der Waals surface area contributed by atoms with Crippen molar-refractivity contribution in [2.24, 2.45) is 0 Å². The summed E-state index contributed by atoms with van der Waals surface area (Å²) in [6, 6.07) is 11.7. The maximum absolute atomic E-state index is 4.49. The van der Waals surface area contributed by atoms with Crippen LogP contribution >= 0.6 is 0 Å². The van der Waals surface area contributed by atoms with Crippen LogP contribution in [0.3, 0.4) is 0 Å². The van der Waals surface area contributed by atoms with Crippen molar-refractivity contribution in [3.05, 3.63) is 41.7 Å². The predicted octanol–water partition coefficient (Wildman–Crippen LogP) is 3.45. The van der Waals surface area contributed by atoms with E-state index in [0.717, 1.165) is 51.4 Å². The van der Waals surface area contributed by atoms with Crippen LogP contribution in [-0.4, -0.2) is 56.2 Å². The van der Waals surface area contributed by atoms with Gasteiger partial charge in [0.2, 0.25) is 0 Å². The van der Waals surface area contributed by atoms with E-state index in [9.17, 15) is 0 Å². The normalized spacial score (nSPS) is 20.9. The largest absolute Gasteiger partial charge is 0.297 e. The molecule has 1 saturated heterocycles. The van der Waals surface area contributed by atoms with Crippen molar-refractivity contribution < 1.29 is 0 Å². The minimum absolute atomic E-state index is 0.351. The first-order valence-electron chi connectivity index (χ1n) is 10.6. The maximum atomic E-state index is 4.49. The summed E-state index contributed by atoms with van der Waals surface area (Å²) in [7, 11) is 0. The molecule has 27 heavy (non-hydrogen) atoms. The van der Waals surface area contributed by atoms with Crippen molar-refractivity contribution in [1.29, 1.82) is 0 Å². The molecule has 2 aliphatic rings. The van der Waals surface area contributed by atoms with E-state index in [1.54, 1.807) is 0 Å². The van der Waals surface area contributed by atoms with Crippen LogP contribution in [0, 0.1) is 0 Å². The fraction of sp³-hybridized carbons (Fsp3) is 0.667. The zero-order valence-electron chi connectivity index (χ0n) is 16.5. The van der Waals surface area contributed by atoms with Crippen LogP contribution in [0.4, 0.5) is 0 Å². The Balaban J connectivity index is 1.41. The number of rotatable bonds is 7. The van der Waals surface area contributed by atoms with Crippen LogP contribution in [0.2, 0.25) is 0 Å². The van der Waals surface area contributed by atoms with Gasteiger partial charge in [-0.1, -0.05) is 56.5 Å². The second-order valence-electron chi connectivity index (χ2n) is 8.02. The van der Waals surface area contributed by atoms with E-state index in [2.05, 4.69) is 67.3 Å². The van der Waals surface area contributed by atoms with Gasteiger partial charge in [0.25, 0.3) is 0 Å². The Morgan fingerprint density at radius 3 is 2.48 bits per heavy atom. The Bertz CT molecular complexity index is 686. The molecule has 1 saturated carbocycles. The second kappa shape index (κ2) is 8.93. The number of nitrogens with zero attached hydrogens (tertiary/aromatic N) is 6. The van der Waals surface area contributed by atoms with Gasteiger partial charge in [-0.3, -0.25) is 9.80 Å². The fourth-order valence-electron chi connectivity index (χ4n) is 4.65. The zero-order valence-corrected chi connectivity index (χ0v) is 16.5. The van der Waals surface area contributed by atoms with Gasteiger partial charge in [0.15, 0.2) is 5.82 Å². The van der Waals surface area contributed by atoms with Crippen LogP contribution in [0.1, 0.15) is 68.9 Å². The molecular weight excluding hydrogens is 336 g/mol. The third kappa shape index (κ3) is 4.38. The van der Waals surface area contributed by atoms with E-state index >= 15 is 0 Å². The van der Waals surface area contributed by atoms with Gasteiger partial charge in [0, 0.05) is 32.7 Å². The molecule has 0 N–H and O–H groups in total. The third-order valence-electron chi connectivity index (χ3n) is 6.15. The lowest BCUT2D eigenvalue weighted by Gasteiger charge is -2.39. The molecule has 6 nitrogen and oxygen atoms in total. The lowest BCUT2D eigenvalue weighted by atomic mass is 10.1. The van der Waals surface area contributed by atoms with E-state index < -0.39 is 0 Å². The van der Waals surface area contributed by atoms with Gasteiger partial charge < -0.3 is 0 Å². The van der Waals surface area contributed by atoms with E-state index in [4.69, 9.17) is 0 Å². The lowest BCUT2D eigenvalue weighted by molar-refractivity contribution is 0.0810. The topological polar surface area (TPSA) is 50.1 Å². The van der Waals surface area contributed by atoms with E-state index in [-0.39, 0.29) is 0 Å². The van der Waals surface area contributed by atoms with E-state index in [0.29, 0.717) is 12.1 Å². The summed E-state index contributed by atoms with van der Waals surface area (Å²) in [5, 5.41) is 12.9. The first kappa shape index (κ1) is 18.6. The number of benzene rings is 1. The summed E-state index contributed by atoms with van der Waals surface area (Å²) in [6.07, 6.45) is 7.35. The van der Waals surface area contributed by atoms with Gasteiger partial charge in [0.05, 0.1) is 12.1 Å². The van der Waals surface area contributed by atoms with Gasteiger partial charge in [-0.2, -0.15) is 0 Å². The first-order chi connectivity index (χ1) is 13.3. The minimum atomic E-state index is 0.351. The summed E-state index contributed by atoms with van der Waals surface area (Å²) in [5.41, 5.74) is 1.40. The first-order valence-corrected chi connectivity index (χ1v) is 10.6. The highest BCUT2D eigenvalue weighted by atomic mass is 15.6. The summed E-state index contributed by atoms with van der Waals surface area (Å²) in [4.78, 5) is 5.18. The summed E-state index contributed by atoms with van der Waals surface area (Å²) < 4.78 is 2.16. The molecule has 2 heterocycles. The molecule has 2 fully saturated rings. The molecule has 4 rings (SSSR count). The molecular formula is C21H32N6. The van der Waals surface area contributed by atoms with E-state index in [1.807, 2.05) is 0 Å². The van der Waals surface area contributed by atoms with Crippen LogP contribution in [0.15, 0.2) is 30.3 Å². The Morgan fingerprint density at radius 1 is 1.04 bits per heavy atom. The van der Waals surface area contributed by atoms with Gasteiger partial charge in [-0.15, -0.1) is 5.10 Å². The van der Waals surface area contributed by atoms with Gasteiger partial charge >= 0.3 is 0 Å². The molecule has 0 spiro atoms. The average Bonchev–Trinajstić information content (AvgIpc) is 3.39. The Labute approximate surface area is 162 Å². The Hall–Kier alpha value is -1.79. The lowest BCUT2D eigenvalue weighted by Crippen LogP contribution is -2.47. The van der Waals surface area contributed by atoms with Crippen LogP contribution < -0.4 is 0 Å². The Morgan fingerprint density at radius 2 is 1.78 bits per heavy atom. The van der Waals surface area contributed by atoms with Crippen molar-refractivity contribution in [1.82, 2.24) is 30.0 Å². The maximum Gasteiger partial charge on any atom is 0.168 e. The molecule has 2 aromatic rings. The molecule has 1 aromatic carbocycles. The number of piperazine rings is 1. The zero-order chi connectivity index (χ0) is 18.5. The molecule has 0 unspecified atom stereocenters. The van der Waals surface area contributed by atoms with Crippen molar-refractivity contribution in [2.75, 3.05) is 26.2 Å². The molecule has 0 bridgehead atoms. The SMILES string of the molecule is CCC[C@@H](c1nnnn1C1CCCC1)N1CCN(Cc2ccccc2)CC1. The molecule has 1 aliphatic carbocycles. The number of hydrogen-bond donors (Lipinski definition) is 0. The van der Waals surface area contributed by atoms with Crippen molar-refractivity contribution in [2.45, 2.75) is 64.1 Å². The molecule has 0 amide bonds. The molecule has 0 radical (unpaired) electrons. The summed E-state index contributed by atoms with van der Waals surface area (Å²) >= 11 is 0. The van der Waals surface area contributed by atoms with Gasteiger partial charge in [-0.05, 0) is 35.3 Å². The van der Waals surface area contributed by atoms with Crippen molar-refractivity contribution in [3.63, 3.8) is 0 Å². The van der Waals surface area contributed by atoms with Crippen LogP contribution in [0.25, 0.3) is 0 Å². The molecule has 6 heteroatoms. The fourth-order valence-corrected chi connectivity index (χ4v) is 4.65. The number of hydrogen-bond acceptors (Lipinski definition) is 5. The highest BCUT2D eigenvalue weighted by Gasteiger charge is 2.31. The monoisotopic (exact) mass is 368 g/mol. The van der Waals surface area contributed by atoms with Gasteiger partial charge in [0.1, 0.15) is 0 Å². The molecule has 1 atom stereocenters. The quantitative estimate of drug-likeness (QED) is 0.749. The van der Waals surface area contributed by atoms with Crippen molar-refractivity contribution in [3.8, 4) is 0 Å². The molecule has 1 aliphatic heterocycles.